The lowest BCUT2D eigenvalue weighted by Gasteiger charge is -2.23. The van der Waals surface area contributed by atoms with Crippen LogP contribution in [0, 0.1) is 11.3 Å². The molecule has 0 fully saturated rings. The molecule has 0 spiro atoms. The first-order valence-electron chi connectivity index (χ1n) is 6.45. The van der Waals surface area contributed by atoms with Crippen molar-refractivity contribution >= 4 is 17.3 Å². The van der Waals surface area contributed by atoms with Crippen LogP contribution < -0.4 is 4.74 Å². The van der Waals surface area contributed by atoms with E-state index in [1.54, 1.807) is 12.1 Å². The van der Waals surface area contributed by atoms with Gasteiger partial charge in [-0.3, -0.25) is 0 Å². The molecule has 1 unspecified atom stereocenters. The quantitative estimate of drug-likeness (QED) is 0.942. The second-order valence-corrected chi connectivity index (χ2v) is 6.11. The number of rotatable bonds is 3. The number of fused-ring (bicyclic) bond motifs is 1. The van der Waals surface area contributed by atoms with E-state index in [1.807, 2.05) is 36.4 Å². The van der Waals surface area contributed by atoms with E-state index in [2.05, 4.69) is 12.6 Å². The summed E-state index contributed by atoms with van der Waals surface area (Å²) in [6.45, 7) is 4.08. The minimum absolute atomic E-state index is 0.108. The molecule has 0 aromatic heterocycles. The van der Waals surface area contributed by atoms with Crippen LogP contribution in [0.5, 0.6) is 5.75 Å². The van der Waals surface area contributed by atoms with Gasteiger partial charge in [0.15, 0.2) is 4.93 Å². The standard InChI is InChI=1S/C17H13NO2S/c1-12-15-9-13(10-18)7-8-16(15)21-17(12,19)11-20-14-5-3-2-4-6-14/h2-9,19H,1,11H2. The number of thioether (sulfide) groups is 1. The number of hydrogen-bond donors (Lipinski definition) is 1. The summed E-state index contributed by atoms with van der Waals surface area (Å²) >= 11 is 1.31. The number of hydrogen-bond acceptors (Lipinski definition) is 4. The summed E-state index contributed by atoms with van der Waals surface area (Å²) in [4.78, 5) is -0.287. The highest BCUT2D eigenvalue weighted by Gasteiger charge is 2.41. The third kappa shape index (κ3) is 2.54. The normalized spacial score (nSPS) is 19.9. The number of aliphatic hydroxyl groups is 1. The lowest BCUT2D eigenvalue weighted by atomic mass is 10.0. The van der Waals surface area contributed by atoms with Gasteiger partial charge in [0.05, 0.1) is 11.6 Å². The Labute approximate surface area is 127 Å². The number of nitrogens with zero attached hydrogens (tertiary/aromatic N) is 1. The fraction of sp³-hybridized carbons (Fsp3) is 0.118. The van der Waals surface area contributed by atoms with E-state index in [0.29, 0.717) is 16.9 Å². The van der Waals surface area contributed by atoms with E-state index in [1.165, 1.54) is 11.8 Å². The van der Waals surface area contributed by atoms with Gasteiger partial charge in [-0.1, -0.05) is 36.5 Å². The van der Waals surface area contributed by atoms with Crippen LogP contribution in [0.15, 0.2) is 60.0 Å². The van der Waals surface area contributed by atoms with E-state index >= 15 is 0 Å². The molecule has 1 atom stereocenters. The molecule has 0 saturated carbocycles. The first-order valence-corrected chi connectivity index (χ1v) is 7.27. The summed E-state index contributed by atoms with van der Waals surface area (Å²) in [7, 11) is 0. The summed E-state index contributed by atoms with van der Waals surface area (Å²) in [5.41, 5.74) is 1.96. The lowest BCUT2D eigenvalue weighted by Crippen LogP contribution is -2.30. The van der Waals surface area contributed by atoms with E-state index in [4.69, 9.17) is 10.00 Å². The average Bonchev–Trinajstić information content (AvgIpc) is 2.78. The van der Waals surface area contributed by atoms with Gasteiger partial charge in [-0.2, -0.15) is 5.26 Å². The van der Waals surface area contributed by atoms with Gasteiger partial charge in [-0.25, -0.2) is 0 Å². The molecule has 0 amide bonds. The fourth-order valence-electron chi connectivity index (χ4n) is 2.19. The van der Waals surface area contributed by atoms with Gasteiger partial charge in [0.1, 0.15) is 12.4 Å². The molecular weight excluding hydrogens is 282 g/mol. The van der Waals surface area contributed by atoms with Crippen molar-refractivity contribution in [3.63, 3.8) is 0 Å². The molecule has 4 heteroatoms. The molecule has 2 aromatic carbocycles. The highest BCUT2D eigenvalue weighted by Crippen LogP contribution is 2.50. The van der Waals surface area contributed by atoms with Crippen LogP contribution in [0.3, 0.4) is 0 Å². The smallest absolute Gasteiger partial charge is 0.174 e. The highest BCUT2D eigenvalue weighted by molar-refractivity contribution is 8.01. The van der Waals surface area contributed by atoms with Gasteiger partial charge in [-0.05, 0) is 41.5 Å². The minimum Gasteiger partial charge on any atom is -0.489 e. The van der Waals surface area contributed by atoms with E-state index in [0.717, 1.165) is 10.5 Å². The van der Waals surface area contributed by atoms with Gasteiger partial charge >= 0.3 is 0 Å². The second-order valence-electron chi connectivity index (χ2n) is 4.79. The Bertz CT molecular complexity index is 736. The predicted octanol–water partition coefficient (Wildman–Crippen LogP) is 3.44. The third-order valence-electron chi connectivity index (χ3n) is 3.36. The van der Waals surface area contributed by atoms with E-state index in [-0.39, 0.29) is 6.61 Å². The number of para-hydroxylation sites is 1. The van der Waals surface area contributed by atoms with Crippen molar-refractivity contribution in [2.75, 3.05) is 6.61 Å². The number of nitriles is 1. The lowest BCUT2D eigenvalue weighted by molar-refractivity contribution is 0.126. The number of ether oxygens (including phenoxy) is 1. The molecule has 0 bridgehead atoms. The molecule has 2 aromatic rings. The zero-order valence-electron chi connectivity index (χ0n) is 11.2. The maximum atomic E-state index is 10.8. The van der Waals surface area contributed by atoms with Crippen molar-refractivity contribution in [2.45, 2.75) is 9.83 Å². The van der Waals surface area contributed by atoms with Crippen LogP contribution in [0.25, 0.3) is 5.57 Å². The van der Waals surface area contributed by atoms with Gasteiger partial charge in [0.2, 0.25) is 0 Å². The molecule has 3 rings (SSSR count). The molecule has 1 aliphatic rings. The minimum atomic E-state index is -1.20. The molecule has 21 heavy (non-hydrogen) atoms. The van der Waals surface area contributed by atoms with Crippen molar-refractivity contribution in [2.24, 2.45) is 0 Å². The van der Waals surface area contributed by atoms with Crippen molar-refractivity contribution < 1.29 is 9.84 Å². The van der Waals surface area contributed by atoms with Crippen LogP contribution >= 0.6 is 11.8 Å². The Kier molecular flexibility index (Phi) is 3.46. The first kappa shape index (κ1) is 13.7. The fourth-order valence-corrected chi connectivity index (χ4v) is 3.34. The Morgan fingerprint density at radius 2 is 2.00 bits per heavy atom. The predicted molar refractivity (Wildman–Crippen MR) is 82.9 cm³/mol. The van der Waals surface area contributed by atoms with Gasteiger partial charge < -0.3 is 9.84 Å². The molecule has 0 saturated heterocycles. The number of benzene rings is 2. The molecular formula is C17H13NO2S. The van der Waals surface area contributed by atoms with Gasteiger partial charge in [-0.15, -0.1) is 0 Å². The van der Waals surface area contributed by atoms with Crippen molar-refractivity contribution in [3.8, 4) is 11.8 Å². The third-order valence-corrected chi connectivity index (χ3v) is 4.64. The zero-order chi connectivity index (χ0) is 14.9. The second kappa shape index (κ2) is 5.28. The monoisotopic (exact) mass is 295 g/mol. The Balaban J connectivity index is 1.81. The van der Waals surface area contributed by atoms with Crippen molar-refractivity contribution in [3.05, 3.63) is 66.2 Å². The average molecular weight is 295 g/mol. The Hall–Kier alpha value is -2.22. The van der Waals surface area contributed by atoms with Gasteiger partial charge in [0, 0.05) is 4.90 Å². The molecule has 1 N–H and O–H groups in total. The van der Waals surface area contributed by atoms with E-state index in [9.17, 15) is 5.11 Å². The summed E-state index contributed by atoms with van der Waals surface area (Å²) < 4.78 is 5.65. The van der Waals surface area contributed by atoms with Crippen LogP contribution in [-0.2, 0) is 0 Å². The molecule has 1 heterocycles. The first-order chi connectivity index (χ1) is 10.1. The molecule has 1 aliphatic heterocycles. The van der Waals surface area contributed by atoms with Crippen LogP contribution in [0.1, 0.15) is 11.1 Å². The van der Waals surface area contributed by atoms with Crippen LogP contribution in [-0.4, -0.2) is 16.6 Å². The van der Waals surface area contributed by atoms with Gasteiger partial charge in [0.25, 0.3) is 0 Å². The maximum absolute atomic E-state index is 10.8. The summed E-state index contributed by atoms with van der Waals surface area (Å²) in [5.74, 6) is 0.702. The van der Waals surface area contributed by atoms with Crippen molar-refractivity contribution in [1.82, 2.24) is 0 Å². The Morgan fingerprint density at radius 3 is 2.71 bits per heavy atom. The van der Waals surface area contributed by atoms with Crippen LogP contribution in [0.4, 0.5) is 0 Å². The molecule has 0 radical (unpaired) electrons. The maximum Gasteiger partial charge on any atom is 0.174 e. The summed E-state index contributed by atoms with van der Waals surface area (Å²) in [6.07, 6.45) is 0. The molecule has 0 aliphatic carbocycles. The highest BCUT2D eigenvalue weighted by atomic mass is 32.2. The topological polar surface area (TPSA) is 53.2 Å². The molecule has 3 nitrogen and oxygen atoms in total. The van der Waals surface area contributed by atoms with Crippen molar-refractivity contribution in [1.29, 1.82) is 5.26 Å². The summed E-state index contributed by atoms with van der Waals surface area (Å²) in [5, 5.41) is 19.7. The van der Waals surface area contributed by atoms with E-state index < -0.39 is 4.93 Å². The Morgan fingerprint density at radius 1 is 1.24 bits per heavy atom. The van der Waals surface area contributed by atoms with Crippen LogP contribution in [0.2, 0.25) is 0 Å². The SMILES string of the molecule is C=C1c2cc(C#N)ccc2SC1(O)COc1ccccc1. The zero-order valence-corrected chi connectivity index (χ0v) is 12.1. The largest absolute Gasteiger partial charge is 0.489 e. The molecule has 104 valence electrons. The summed E-state index contributed by atoms with van der Waals surface area (Å²) in [6, 6.07) is 16.8.